The van der Waals surface area contributed by atoms with Gasteiger partial charge >= 0.3 is 0 Å². The average molecular weight is 324 g/mol. The summed E-state index contributed by atoms with van der Waals surface area (Å²) in [6.07, 6.45) is 11.2. The number of benzene rings is 1. The lowest BCUT2D eigenvalue weighted by Gasteiger charge is -2.28. The van der Waals surface area contributed by atoms with Crippen molar-refractivity contribution in [1.29, 1.82) is 0 Å². The Morgan fingerprint density at radius 2 is 1.83 bits per heavy atom. The zero-order chi connectivity index (χ0) is 17.5. The summed E-state index contributed by atoms with van der Waals surface area (Å²) in [5.41, 5.74) is 2.66. The van der Waals surface area contributed by atoms with Crippen LogP contribution in [0.1, 0.15) is 5.56 Å². The summed E-state index contributed by atoms with van der Waals surface area (Å²) in [5.74, 6) is 5.98. The van der Waals surface area contributed by atoms with E-state index in [1.807, 2.05) is 30.4 Å². The highest BCUT2D eigenvalue weighted by atomic mass is 16.6. The number of nitrogens with two attached hydrogens (primary N) is 1. The summed E-state index contributed by atoms with van der Waals surface area (Å²) in [6.45, 7) is 8.92. The molecule has 1 heterocycles. The third-order valence-electron chi connectivity index (χ3n) is 3.48. The zero-order valence-corrected chi connectivity index (χ0v) is 13.3. The number of hydrazine groups is 1. The maximum atomic E-state index is 10.7. The molecule has 0 aromatic heterocycles. The summed E-state index contributed by atoms with van der Waals surface area (Å²) in [6, 6.07) is 6.32. The first-order valence-electron chi connectivity index (χ1n) is 7.42. The van der Waals surface area contributed by atoms with E-state index in [0.29, 0.717) is 13.1 Å². The molecule has 1 aliphatic rings. The van der Waals surface area contributed by atoms with E-state index in [-0.39, 0.29) is 5.69 Å². The van der Waals surface area contributed by atoms with Crippen molar-refractivity contribution in [2.24, 2.45) is 5.84 Å². The van der Waals surface area contributed by atoms with Crippen LogP contribution in [0.5, 0.6) is 0 Å². The van der Waals surface area contributed by atoms with Crippen LogP contribution in [0, 0.1) is 10.1 Å². The number of hydrogen-bond donors (Lipinski definition) is 1. The third-order valence-corrected chi connectivity index (χ3v) is 3.48. The fourth-order valence-electron chi connectivity index (χ4n) is 2.29. The SMILES string of the molecule is C=CCN(CC=C)C1=CC(=Cc2ccc([N+](=O)[O-])cc2)N(N)C=C1. The molecule has 0 bridgehead atoms. The van der Waals surface area contributed by atoms with E-state index in [2.05, 4.69) is 18.1 Å². The highest BCUT2D eigenvalue weighted by Gasteiger charge is 2.12. The van der Waals surface area contributed by atoms with Gasteiger partial charge in [0.05, 0.1) is 10.6 Å². The van der Waals surface area contributed by atoms with Gasteiger partial charge in [-0.15, -0.1) is 13.2 Å². The Balaban J connectivity index is 2.29. The Morgan fingerprint density at radius 3 is 2.38 bits per heavy atom. The van der Waals surface area contributed by atoms with Gasteiger partial charge in [-0.25, -0.2) is 5.84 Å². The Hall–Kier alpha value is -3.12. The van der Waals surface area contributed by atoms with Gasteiger partial charge in [0.2, 0.25) is 0 Å². The predicted molar refractivity (Wildman–Crippen MR) is 96.3 cm³/mol. The van der Waals surface area contributed by atoms with Gasteiger partial charge in [-0.3, -0.25) is 15.1 Å². The summed E-state index contributed by atoms with van der Waals surface area (Å²) in [4.78, 5) is 12.4. The van der Waals surface area contributed by atoms with E-state index >= 15 is 0 Å². The van der Waals surface area contributed by atoms with Crippen molar-refractivity contribution in [1.82, 2.24) is 9.91 Å². The van der Waals surface area contributed by atoms with Crippen LogP contribution in [0.4, 0.5) is 5.69 Å². The molecule has 124 valence electrons. The normalized spacial score (nSPS) is 15.1. The molecule has 0 spiro atoms. The van der Waals surface area contributed by atoms with Crippen molar-refractivity contribution in [3.63, 3.8) is 0 Å². The van der Waals surface area contributed by atoms with Gasteiger partial charge < -0.3 is 4.90 Å². The first-order valence-corrected chi connectivity index (χ1v) is 7.42. The minimum Gasteiger partial charge on any atom is -0.364 e. The molecule has 1 aliphatic heterocycles. The highest BCUT2D eigenvalue weighted by Crippen LogP contribution is 2.21. The van der Waals surface area contributed by atoms with E-state index in [9.17, 15) is 10.1 Å². The van der Waals surface area contributed by atoms with Crippen molar-refractivity contribution in [2.75, 3.05) is 13.1 Å². The summed E-state index contributed by atoms with van der Waals surface area (Å²) in [7, 11) is 0. The first-order chi connectivity index (χ1) is 11.5. The fourth-order valence-corrected chi connectivity index (χ4v) is 2.29. The van der Waals surface area contributed by atoms with Gasteiger partial charge in [-0.05, 0) is 35.9 Å². The van der Waals surface area contributed by atoms with Crippen molar-refractivity contribution in [3.8, 4) is 0 Å². The van der Waals surface area contributed by atoms with E-state index < -0.39 is 4.92 Å². The van der Waals surface area contributed by atoms with E-state index in [1.165, 1.54) is 17.1 Å². The Kier molecular flexibility index (Phi) is 5.70. The third kappa shape index (κ3) is 4.21. The van der Waals surface area contributed by atoms with Gasteiger partial charge in [0, 0.05) is 37.1 Å². The lowest BCUT2D eigenvalue weighted by atomic mass is 10.1. The second-order valence-corrected chi connectivity index (χ2v) is 5.19. The van der Waals surface area contributed by atoms with Crippen LogP contribution in [0.25, 0.3) is 6.08 Å². The van der Waals surface area contributed by atoms with Crippen LogP contribution >= 0.6 is 0 Å². The van der Waals surface area contributed by atoms with Crippen molar-refractivity contribution < 1.29 is 4.92 Å². The number of allylic oxidation sites excluding steroid dienone is 2. The summed E-state index contributed by atoms with van der Waals surface area (Å²) >= 11 is 0. The van der Waals surface area contributed by atoms with Crippen LogP contribution in [0.15, 0.2) is 79.3 Å². The van der Waals surface area contributed by atoms with Gasteiger partial charge in [0.1, 0.15) is 0 Å². The molecule has 0 unspecified atom stereocenters. The molecule has 6 heteroatoms. The van der Waals surface area contributed by atoms with Gasteiger partial charge in [-0.1, -0.05) is 12.2 Å². The maximum Gasteiger partial charge on any atom is 0.269 e. The molecular formula is C18H20N4O2. The molecule has 0 fully saturated rings. The molecule has 0 saturated heterocycles. The number of nitrogens with zero attached hydrogens (tertiary/aromatic N) is 3. The van der Waals surface area contributed by atoms with Gasteiger partial charge in [-0.2, -0.15) is 0 Å². The number of nitro benzene ring substituents is 1. The summed E-state index contributed by atoms with van der Waals surface area (Å²) in [5, 5.41) is 12.2. The average Bonchev–Trinajstić information content (AvgIpc) is 2.57. The van der Waals surface area contributed by atoms with Gasteiger partial charge in [0.15, 0.2) is 0 Å². The topological polar surface area (TPSA) is 75.6 Å². The molecule has 6 nitrogen and oxygen atoms in total. The summed E-state index contributed by atoms with van der Waals surface area (Å²) < 4.78 is 0. The van der Waals surface area contributed by atoms with E-state index in [0.717, 1.165) is 17.0 Å². The van der Waals surface area contributed by atoms with Crippen LogP contribution in [-0.4, -0.2) is 27.9 Å². The first kappa shape index (κ1) is 17.2. The van der Waals surface area contributed by atoms with Gasteiger partial charge in [0.25, 0.3) is 5.69 Å². The van der Waals surface area contributed by atoms with Crippen molar-refractivity contribution >= 4 is 11.8 Å². The minimum absolute atomic E-state index is 0.0599. The number of hydrogen-bond acceptors (Lipinski definition) is 5. The van der Waals surface area contributed by atoms with Crippen LogP contribution < -0.4 is 5.84 Å². The predicted octanol–water partition coefficient (Wildman–Crippen LogP) is 3.20. The molecule has 0 aliphatic carbocycles. The second-order valence-electron chi connectivity index (χ2n) is 5.19. The lowest BCUT2D eigenvalue weighted by molar-refractivity contribution is -0.384. The Bertz CT molecular complexity index is 707. The zero-order valence-electron chi connectivity index (χ0n) is 13.3. The maximum absolute atomic E-state index is 10.7. The molecule has 2 rings (SSSR count). The van der Waals surface area contributed by atoms with Crippen molar-refractivity contribution in [3.05, 3.63) is 95.0 Å². The van der Waals surface area contributed by atoms with Crippen molar-refractivity contribution in [2.45, 2.75) is 0 Å². The quantitative estimate of drug-likeness (QED) is 0.361. The Labute approximate surface area is 141 Å². The molecule has 24 heavy (non-hydrogen) atoms. The van der Waals surface area contributed by atoms with Crippen LogP contribution in [-0.2, 0) is 0 Å². The Morgan fingerprint density at radius 1 is 1.21 bits per heavy atom. The molecule has 1 aromatic carbocycles. The largest absolute Gasteiger partial charge is 0.364 e. The van der Waals surface area contributed by atoms with E-state index in [4.69, 9.17) is 5.84 Å². The molecular weight excluding hydrogens is 304 g/mol. The fraction of sp³-hybridized carbons (Fsp3) is 0.111. The molecule has 1 aromatic rings. The van der Waals surface area contributed by atoms with E-state index in [1.54, 1.807) is 18.3 Å². The monoisotopic (exact) mass is 324 g/mol. The molecule has 0 radical (unpaired) electrons. The van der Waals surface area contributed by atoms with Crippen LogP contribution in [0.3, 0.4) is 0 Å². The molecule has 0 saturated carbocycles. The standard InChI is InChI=1S/C18H20N4O2/c1-3-10-20(11-4-2)17-9-12-21(19)18(14-17)13-15-5-7-16(8-6-15)22(23)24/h3-9,12-14H,1-2,10-11,19H2. The van der Waals surface area contributed by atoms with Crippen LogP contribution in [0.2, 0.25) is 0 Å². The number of nitro groups is 1. The molecule has 2 N–H and O–H groups in total. The number of non-ortho nitro benzene ring substituents is 1. The molecule has 0 atom stereocenters. The number of rotatable bonds is 7. The lowest BCUT2D eigenvalue weighted by Crippen LogP contribution is -2.29. The second kappa shape index (κ2) is 7.94. The highest BCUT2D eigenvalue weighted by molar-refractivity contribution is 5.58. The minimum atomic E-state index is -0.421. The molecule has 0 amide bonds. The smallest absolute Gasteiger partial charge is 0.269 e.